The first-order valence-electron chi connectivity index (χ1n) is 10.3. The van der Waals surface area contributed by atoms with Gasteiger partial charge in [-0.15, -0.1) is 0 Å². The average molecular weight is 435 g/mol. The summed E-state index contributed by atoms with van der Waals surface area (Å²) in [5, 5.41) is 17.2. The van der Waals surface area contributed by atoms with Gasteiger partial charge in [-0.2, -0.15) is 4.98 Å². The monoisotopic (exact) mass is 435 g/mol. The first kappa shape index (κ1) is 20.2. The lowest BCUT2D eigenvalue weighted by Crippen LogP contribution is -2.69. The molecule has 10 nitrogen and oxygen atoms in total. The Labute approximate surface area is 183 Å². The van der Waals surface area contributed by atoms with Gasteiger partial charge in [0.2, 0.25) is 5.95 Å². The van der Waals surface area contributed by atoms with Crippen molar-refractivity contribution in [2.45, 2.75) is 25.8 Å². The second kappa shape index (κ2) is 7.45. The Kier molecular flexibility index (Phi) is 4.70. The number of anilines is 2. The highest BCUT2D eigenvalue weighted by Gasteiger charge is 2.51. The second-order valence-electron chi connectivity index (χ2n) is 7.72. The smallest absolute Gasteiger partial charge is 0.237 e. The van der Waals surface area contributed by atoms with E-state index in [9.17, 15) is 4.39 Å². The van der Waals surface area contributed by atoms with E-state index in [1.165, 1.54) is 6.07 Å². The molecule has 5 heterocycles. The van der Waals surface area contributed by atoms with Gasteiger partial charge in [0.1, 0.15) is 34.4 Å². The Bertz CT molecular complexity index is 1210. The van der Waals surface area contributed by atoms with Crippen LogP contribution in [0, 0.1) is 16.6 Å². The molecule has 1 atom stereocenters. The molecule has 0 saturated carbocycles. The Morgan fingerprint density at radius 1 is 1.25 bits per heavy atom. The van der Waals surface area contributed by atoms with Gasteiger partial charge < -0.3 is 9.64 Å². The van der Waals surface area contributed by atoms with Gasteiger partial charge in [-0.1, -0.05) is 6.92 Å². The Morgan fingerprint density at radius 3 is 2.81 bits per heavy atom. The van der Waals surface area contributed by atoms with Crippen molar-refractivity contribution >= 4 is 23.2 Å². The Morgan fingerprint density at radius 2 is 2.09 bits per heavy atom. The number of rotatable bonds is 3. The van der Waals surface area contributed by atoms with Gasteiger partial charge in [-0.05, 0) is 25.5 Å². The van der Waals surface area contributed by atoms with Crippen LogP contribution in [0.1, 0.15) is 20.3 Å². The van der Waals surface area contributed by atoms with Crippen LogP contribution in [-0.2, 0) is 4.74 Å². The average Bonchev–Trinajstić information content (AvgIpc) is 3.29. The SMILES string of the molecule is CC[C@@]12COCCN1c1nc(-n3ccnc3-c3ccc(F)cn3)ncc1N(C(C)=N)C2=N. The molecule has 164 valence electrons. The lowest BCUT2D eigenvalue weighted by molar-refractivity contribution is 0.0720. The van der Waals surface area contributed by atoms with Crippen molar-refractivity contribution in [2.24, 2.45) is 0 Å². The number of aromatic nitrogens is 5. The number of hydrogen-bond donors (Lipinski definition) is 2. The summed E-state index contributed by atoms with van der Waals surface area (Å²) in [4.78, 5) is 21.5. The zero-order valence-electron chi connectivity index (χ0n) is 17.7. The molecule has 2 aliphatic rings. The number of nitrogens with one attached hydrogen (secondary N) is 2. The van der Waals surface area contributed by atoms with Crippen LogP contribution in [0.15, 0.2) is 36.9 Å². The predicted octanol–water partition coefficient (Wildman–Crippen LogP) is 2.64. The van der Waals surface area contributed by atoms with E-state index < -0.39 is 11.4 Å². The van der Waals surface area contributed by atoms with E-state index in [2.05, 4.69) is 19.9 Å². The third-order valence-corrected chi connectivity index (χ3v) is 5.95. The molecule has 32 heavy (non-hydrogen) atoms. The number of nitrogens with zero attached hydrogens (tertiary/aromatic N) is 7. The van der Waals surface area contributed by atoms with Gasteiger partial charge in [-0.25, -0.2) is 19.3 Å². The van der Waals surface area contributed by atoms with Crippen LogP contribution in [0.4, 0.5) is 15.9 Å². The van der Waals surface area contributed by atoms with Gasteiger partial charge in [-0.3, -0.25) is 20.3 Å². The summed E-state index contributed by atoms with van der Waals surface area (Å²) >= 11 is 0. The van der Waals surface area contributed by atoms with E-state index in [0.717, 1.165) is 6.20 Å². The van der Waals surface area contributed by atoms with Gasteiger partial charge in [0, 0.05) is 18.9 Å². The van der Waals surface area contributed by atoms with Crippen molar-refractivity contribution in [2.75, 3.05) is 29.6 Å². The van der Waals surface area contributed by atoms with Gasteiger partial charge in [0.05, 0.1) is 25.6 Å². The minimum absolute atomic E-state index is 0.212. The zero-order chi connectivity index (χ0) is 22.5. The molecule has 5 rings (SSSR count). The number of fused-ring (bicyclic) bond motifs is 3. The third-order valence-electron chi connectivity index (χ3n) is 5.95. The highest BCUT2D eigenvalue weighted by atomic mass is 19.1. The van der Waals surface area contributed by atoms with Crippen LogP contribution in [0.25, 0.3) is 17.5 Å². The lowest BCUT2D eigenvalue weighted by Gasteiger charge is -2.53. The maximum absolute atomic E-state index is 13.3. The van der Waals surface area contributed by atoms with Crippen LogP contribution in [0.2, 0.25) is 0 Å². The van der Waals surface area contributed by atoms with Gasteiger partial charge >= 0.3 is 0 Å². The summed E-state index contributed by atoms with van der Waals surface area (Å²) in [6.07, 6.45) is 6.73. The third kappa shape index (κ3) is 2.88. The molecular weight excluding hydrogens is 413 g/mol. The fraction of sp³-hybridized carbons (Fsp3) is 0.333. The summed E-state index contributed by atoms with van der Waals surface area (Å²) < 4.78 is 20.8. The van der Waals surface area contributed by atoms with Gasteiger partial charge in [0.25, 0.3) is 0 Å². The summed E-state index contributed by atoms with van der Waals surface area (Å²) in [6, 6.07) is 2.88. The van der Waals surface area contributed by atoms with Crippen molar-refractivity contribution in [3.63, 3.8) is 0 Å². The maximum atomic E-state index is 13.3. The molecule has 2 N–H and O–H groups in total. The van der Waals surface area contributed by atoms with E-state index in [1.807, 2.05) is 6.92 Å². The molecule has 3 aromatic rings. The molecule has 11 heteroatoms. The molecule has 0 aliphatic carbocycles. The topological polar surface area (TPSA) is 120 Å². The Hall–Kier alpha value is -3.73. The molecule has 2 aliphatic heterocycles. The van der Waals surface area contributed by atoms with E-state index in [4.69, 9.17) is 20.5 Å². The molecule has 3 aromatic heterocycles. The first-order valence-corrected chi connectivity index (χ1v) is 10.3. The van der Waals surface area contributed by atoms with Crippen molar-refractivity contribution in [3.8, 4) is 17.5 Å². The molecule has 0 amide bonds. The minimum Gasteiger partial charge on any atom is -0.377 e. The summed E-state index contributed by atoms with van der Waals surface area (Å²) in [5.74, 6) is 1.56. The second-order valence-corrected chi connectivity index (χ2v) is 7.72. The minimum atomic E-state index is -0.713. The number of hydrogen-bond acceptors (Lipinski definition) is 8. The predicted molar refractivity (Wildman–Crippen MR) is 117 cm³/mol. The van der Waals surface area contributed by atoms with Crippen molar-refractivity contribution in [3.05, 3.63) is 42.7 Å². The number of ether oxygens (including phenoxy) is 1. The molecule has 0 unspecified atom stereocenters. The van der Waals surface area contributed by atoms with Crippen LogP contribution in [0.5, 0.6) is 0 Å². The number of pyridine rings is 1. The van der Waals surface area contributed by atoms with Crippen molar-refractivity contribution in [1.82, 2.24) is 24.5 Å². The van der Waals surface area contributed by atoms with Crippen LogP contribution >= 0.6 is 0 Å². The summed E-state index contributed by atoms with van der Waals surface area (Å²) in [6.45, 7) is 5.09. The molecule has 0 radical (unpaired) electrons. The van der Waals surface area contributed by atoms with Crippen LogP contribution in [0.3, 0.4) is 0 Å². The molecule has 1 fully saturated rings. The highest BCUT2D eigenvalue weighted by molar-refractivity contribution is 6.23. The molecule has 1 saturated heterocycles. The molecule has 0 bridgehead atoms. The maximum Gasteiger partial charge on any atom is 0.237 e. The number of imidazole rings is 1. The zero-order valence-corrected chi connectivity index (χ0v) is 17.7. The Balaban J connectivity index is 1.67. The molecular formula is C21H22FN9O. The van der Waals surface area contributed by atoms with Crippen molar-refractivity contribution in [1.29, 1.82) is 10.8 Å². The van der Waals surface area contributed by atoms with Crippen LogP contribution < -0.4 is 9.80 Å². The fourth-order valence-corrected chi connectivity index (χ4v) is 4.32. The molecule has 0 aromatic carbocycles. The first-order chi connectivity index (χ1) is 15.5. The van der Waals surface area contributed by atoms with Crippen LogP contribution in [-0.4, -0.2) is 61.5 Å². The van der Waals surface area contributed by atoms with E-state index in [-0.39, 0.29) is 11.7 Å². The number of morpholine rings is 1. The van der Waals surface area contributed by atoms with E-state index in [0.29, 0.717) is 55.2 Å². The standard InChI is InChI=1S/C21H22FN9O/c1-3-21-12-32-9-8-30(21)18-16(31(13(2)23)19(21)24)11-27-20(28-18)29-7-6-25-17(29)15-5-4-14(22)10-26-15/h4-7,10-11,23-24H,3,8-9,12H2,1-2H3/t21-/m0/s1. The summed E-state index contributed by atoms with van der Waals surface area (Å²) in [7, 11) is 0. The lowest BCUT2D eigenvalue weighted by atomic mass is 9.88. The van der Waals surface area contributed by atoms with E-state index in [1.54, 1.807) is 41.0 Å². The largest absolute Gasteiger partial charge is 0.377 e. The molecule has 0 spiro atoms. The normalized spacial score (nSPS) is 20.2. The van der Waals surface area contributed by atoms with E-state index >= 15 is 0 Å². The van der Waals surface area contributed by atoms with Crippen molar-refractivity contribution < 1.29 is 9.13 Å². The fourth-order valence-electron chi connectivity index (χ4n) is 4.32. The quantitative estimate of drug-likeness (QED) is 0.479. The number of halogens is 1. The van der Waals surface area contributed by atoms with Gasteiger partial charge in [0.15, 0.2) is 11.6 Å². The summed E-state index contributed by atoms with van der Waals surface area (Å²) in [5.41, 5.74) is 0.361. The highest BCUT2D eigenvalue weighted by Crippen LogP contribution is 2.42. The number of amidine groups is 2.